The maximum Gasteiger partial charge on any atom is 0.256 e. The van der Waals surface area contributed by atoms with Gasteiger partial charge in [-0.1, -0.05) is 35.3 Å². The van der Waals surface area contributed by atoms with Crippen LogP contribution >= 0.6 is 35.0 Å². The summed E-state index contributed by atoms with van der Waals surface area (Å²) in [5.41, 5.74) is 1.51. The summed E-state index contributed by atoms with van der Waals surface area (Å²) in [7, 11) is 0. The van der Waals surface area contributed by atoms with E-state index < -0.39 is 5.25 Å². The molecule has 0 aromatic heterocycles. The van der Waals surface area contributed by atoms with Gasteiger partial charge in [-0.15, -0.1) is 11.8 Å². The zero-order valence-corrected chi connectivity index (χ0v) is 18.4. The highest BCUT2D eigenvalue weighted by Crippen LogP contribution is 2.36. The van der Waals surface area contributed by atoms with E-state index in [9.17, 15) is 14.4 Å². The number of rotatable bonds is 5. The number of carbonyl (C=O) groups excluding carboxylic acids is 3. The Labute approximate surface area is 193 Å². The zero-order valence-electron chi connectivity index (χ0n) is 16.0. The van der Waals surface area contributed by atoms with Crippen molar-refractivity contribution in [2.24, 2.45) is 0 Å². The fourth-order valence-corrected chi connectivity index (χ4v) is 4.63. The SMILES string of the molecule is O=C(Nc1ccc(Cl)cc1)c1ccccc1SC1CC(=O)N(c2ccc(Cl)cc2)C1=O. The Bertz CT molecular complexity index is 1150. The van der Waals surface area contributed by atoms with Crippen LogP contribution in [0.25, 0.3) is 0 Å². The molecule has 4 rings (SSSR count). The van der Waals surface area contributed by atoms with Gasteiger partial charge in [0.25, 0.3) is 5.91 Å². The number of carbonyl (C=O) groups is 3. The molecule has 0 radical (unpaired) electrons. The minimum Gasteiger partial charge on any atom is -0.322 e. The summed E-state index contributed by atoms with van der Waals surface area (Å²) in [6.07, 6.45) is 0.0548. The largest absolute Gasteiger partial charge is 0.322 e. The fourth-order valence-electron chi connectivity index (χ4n) is 3.20. The molecule has 1 unspecified atom stereocenters. The van der Waals surface area contributed by atoms with Crippen LogP contribution in [0.3, 0.4) is 0 Å². The van der Waals surface area contributed by atoms with Gasteiger partial charge in [-0.25, -0.2) is 4.90 Å². The normalized spacial score (nSPS) is 15.9. The van der Waals surface area contributed by atoms with Crippen molar-refractivity contribution in [3.05, 3.63) is 88.4 Å². The van der Waals surface area contributed by atoms with Crippen LogP contribution in [0.2, 0.25) is 10.0 Å². The van der Waals surface area contributed by atoms with Crippen molar-refractivity contribution in [1.29, 1.82) is 0 Å². The quantitative estimate of drug-likeness (QED) is 0.487. The molecule has 0 bridgehead atoms. The number of nitrogens with zero attached hydrogens (tertiary/aromatic N) is 1. The fraction of sp³-hybridized carbons (Fsp3) is 0.0870. The molecule has 0 saturated carbocycles. The monoisotopic (exact) mass is 470 g/mol. The van der Waals surface area contributed by atoms with E-state index in [0.29, 0.717) is 31.9 Å². The van der Waals surface area contributed by atoms with Crippen LogP contribution < -0.4 is 10.2 Å². The second kappa shape index (κ2) is 9.14. The van der Waals surface area contributed by atoms with E-state index >= 15 is 0 Å². The van der Waals surface area contributed by atoms with Crippen molar-refractivity contribution in [3.8, 4) is 0 Å². The number of thioether (sulfide) groups is 1. The Balaban J connectivity index is 1.53. The summed E-state index contributed by atoms with van der Waals surface area (Å²) < 4.78 is 0. The zero-order chi connectivity index (χ0) is 22.0. The molecule has 3 amide bonds. The number of hydrogen-bond donors (Lipinski definition) is 1. The standard InChI is InChI=1S/C23H16Cl2N2O3S/c24-14-5-9-16(10-6-14)26-22(29)18-3-1-2-4-19(18)31-20-13-21(28)27(23(20)30)17-11-7-15(25)8-12-17/h1-12,20H,13H2,(H,26,29). The Kier molecular flexibility index (Phi) is 6.32. The van der Waals surface area contributed by atoms with Crippen LogP contribution in [-0.2, 0) is 9.59 Å². The molecule has 1 atom stereocenters. The van der Waals surface area contributed by atoms with E-state index in [0.717, 1.165) is 0 Å². The van der Waals surface area contributed by atoms with Gasteiger partial charge in [0.1, 0.15) is 0 Å². The number of nitrogens with one attached hydrogen (secondary N) is 1. The second-order valence-electron chi connectivity index (χ2n) is 6.81. The smallest absolute Gasteiger partial charge is 0.256 e. The Morgan fingerprint density at radius 2 is 1.52 bits per heavy atom. The topological polar surface area (TPSA) is 66.5 Å². The van der Waals surface area contributed by atoms with E-state index in [4.69, 9.17) is 23.2 Å². The average Bonchev–Trinajstić information content (AvgIpc) is 3.04. The Hall–Kier alpha value is -2.80. The van der Waals surface area contributed by atoms with E-state index in [1.54, 1.807) is 72.8 Å². The third-order valence-corrected chi connectivity index (χ3v) is 6.46. The van der Waals surface area contributed by atoms with Gasteiger partial charge < -0.3 is 5.32 Å². The maximum atomic E-state index is 12.9. The summed E-state index contributed by atoms with van der Waals surface area (Å²) in [4.78, 5) is 40.1. The summed E-state index contributed by atoms with van der Waals surface area (Å²) in [5.74, 6) is -0.907. The van der Waals surface area contributed by atoms with Crippen molar-refractivity contribution in [1.82, 2.24) is 0 Å². The lowest BCUT2D eigenvalue weighted by Crippen LogP contribution is -2.31. The predicted molar refractivity (Wildman–Crippen MR) is 124 cm³/mol. The van der Waals surface area contributed by atoms with Crippen molar-refractivity contribution in [2.45, 2.75) is 16.6 Å². The first-order chi connectivity index (χ1) is 14.9. The lowest BCUT2D eigenvalue weighted by molar-refractivity contribution is -0.121. The first kappa shape index (κ1) is 21.4. The van der Waals surface area contributed by atoms with Crippen molar-refractivity contribution < 1.29 is 14.4 Å². The Morgan fingerprint density at radius 3 is 2.19 bits per heavy atom. The number of halogens is 2. The third kappa shape index (κ3) is 4.77. The molecule has 3 aromatic carbocycles. The van der Waals surface area contributed by atoms with Crippen molar-refractivity contribution >= 4 is 64.1 Å². The molecule has 5 nitrogen and oxygen atoms in total. The van der Waals surface area contributed by atoms with Crippen molar-refractivity contribution in [3.63, 3.8) is 0 Å². The van der Waals surface area contributed by atoms with Gasteiger partial charge >= 0.3 is 0 Å². The number of hydrogen-bond acceptors (Lipinski definition) is 4. The van der Waals surface area contributed by atoms with Crippen LogP contribution in [0.4, 0.5) is 11.4 Å². The average molecular weight is 471 g/mol. The number of imide groups is 1. The first-order valence-electron chi connectivity index (χ1n) is 9.37. The van der Waals surface area contributed by atoms with E-state index in [-0.39, 0.29) is 24.1 Å². The van der Waals surface area contributed by atoms with Gasteiger partial charge in [0.2, 0.25) is 11.8 Å². The molecule has 8 heteroatoms. The van der Waals surface area contributed by atoms with E-state index in [1.807, 2.05) is 0 Å². The third-order valence-electron chi connectivity index (χ3n) is 4.69. The van der Waals surface area contributed by atoms with Gasteiger partial charge in [-0.3, -0.25) is 14.4 Å². The molecule has 156 valence electrons. The van der Waals surface area contributed by atoms with E-state index in [2.05, 4.69) is 5.32 Å². The van der Waals surface area contributed by atoms with Gasteiger partial charge in [0.15, 0.2) is 0 Å². The van der Waals surface area contributed by atoms with Gasteiger partial charge in [0, 0.05) is 27.0 Å². The molecule has 1 saturated heterocycles. The van der Waals surface area contributed by atoms with E-state index in [1.165, 1.54) is 16.7 Å². The van der Waals surface area contributed by atoms with Crippen LogP contribution in [0.5, 0.6) is 0 Å². The van der Waals surface area contributed by atoms with Gasteiger partial charge in [-0.05, 0) is 60.7 Å². The van der Waals surface area contributed by atoms with Crippen LogP contribution in [0, 0.1) is 0 Å². The summed E-state index contributed by atoms with van der Waals surface area (Å²) in [5, 5.41) is 3.30. The molecule has 0 aliphatic carbocycles. The molecule has 1 N–H and O–H groups in total. The minimum atomic E-state index is -0.618. The molecule has 1 fully saturated rings. The second-order valence-corrected chi connectivity index (χ2v) is 8.93. The number of benzene rings is 3. The van der Waals surface area contributed by atoms with Crippen LogP contribution in [-0.4, -0.2) is 23.0 Å². The highest BCUT2D eigenvalue weighted by atomic mass is 35.5. The summed E-state index contributed by atoms with van der Waals surface area (Å²) >= 11 is 13.0. The van der Waals surface area contributed by atoms with Gasteiger partial charge in [0.05, 0.1) is 16.5 Å². The molecule has 1 aliphatic heterocycles. The minimum absolute atomic E-state index is 0.0548. The van der Waals surface area contributed by atoms with Gasteiger partial charge in [-0.2, -0.15) is 0 Å². The molecular weight excluding hydrogens is 455 g/mol. The van der Waals surface area contributed by atoms with Crippen LogP contribution in [0.15, 0.2) is 77.7 Å². The molecule has 3 aromatic rings. The molecular formula is C23H16Cl2N2O3S. The predicted octanol–water partition coefficient (Wildman–Crippen LogP) is 5.67. The maximum absolute atomic E-state index is 12.9. The lowest BCUT2D eigenvalue weighted by atomic mass is 10.2. The summed E-state index contributed by atoms with van der Waals surface area (Å²) in [6, 6.07) is 20.3. The Morgan fingerprint density at radius 1 is 0.903 bits per heavy atom. The molecule has 1 aliphatic rings. The first-order valence-corrected chi connectivity index (χ1v) is 11.0. The van der Waals surface area contributed by atoms with Crippen LogP contribution in [0.1, 0.15) is 16.8 Å². The highest BCUT2D eigenvalue weighted by Gasteiger charge is 2.40. The number of amides is 3. The number of anilines is 2. The highest BCUT2D eigenvalue weighted by molar-refractivity contribution is 8.00. The lowest BCUT2D eigenvalue weighted by Gasteiger charge is -2.16. The van der Waals surface area contributed by atoms with Crippen molar-refractivity contribution in [2.75, 3.05) is 10.2 Å². The molecule has 0 spiro atoms. The summed E-state index contributed by atoms with van der Waals surface area (Å²) in [6.45, 7) is 0. The molecule has 31 heavy (non-hydrogen) atoms. The molecule has 1 heterocycles.